The maximum Gasteiger partial charge on any atom is 0.241 e. The largest absolute Gasteiger partial charge is 0.493 e. The second-order valence-electron chi connectivity index (χ2n) is 8.16. The van der Waals surface area contributed by atoms with E-state index >= 15 is 0 Å². The topological polar surface area (TPSA) is 86.0 Å². The average molecular weight is 466 g/mol. The van der Waals surface area contributed by atoms with Crippen molar-refractivity contribution in [3.63, 3.8) is 0 Å². The lowest BCUT2D eigenvalue weighted by Gasteiger charge is -2.57. The summed E-state index contributed by atoms with van der Waals surface area (Å²) in [5, 5.41) is 2.97. The van der Waals surface area contributed by atoms with Crippen molar-refractivity contribution in [3.05, 3.63) is 23.8 Å². The number of ether oxygens (including phenoxy) is 3. The Morgan fingerprint density at radius 3 is 2.47 bits per heavy atom. The summed E-state index contributed by atoms with van der Waals surface area (Å²) in [7, 11) is 5.60. The zero-order valence-electron chi connectivity index (χ0n) is 18.8. The Balaban J connectivity index is 0.00000420. The lowest BCUT2D eigenvalue weighted by Crippen LogP contribution is -2.75. The van der Waals surface area contributed by atoms with Gasteiger partial charge in [-0.15, -0.1) is 24.8 Å². The van der Waals surface area contributed by atoms with Crippen molar-refractivity contribution in [3.8, 4) is 11.5 Å². The molecule has 2 rings (SSSR count). The molecule has 0 aliphatic heterocycles. The predicted octanol–water partition coefficient (Wildman–Crippen LogP) is 2.63. The number of hydrogen-bond donors (Lipinski definition) is 2. The minimum atomic E-state index is -0.924. The van der Waals surface area contributed by atoms with Crippen LogP contribution in [0.4, 0.5) is 0 Å². The average Bonchev–Trinajstić information content (AvgIpc) is 2.65. The molecule has 7 nitrogen and oxygen atoms in total. The van der Waals surface area contributed by atoms with Crippen LogP contribution in [0.3, 0.4) is 0 Å². The number of hydrogen-bond acceptors (Lipinski definition) is 6. The number of benzene rings is 1. The van der Waals surface area contributed by atoms with E-state index in [4.69, 9.17) is 19.9 Å². The zero-order valence-corrected chi connectivity index (χ0v) is 20.5. The molecule has 0 aromatic heterocycles. The molecule has 2 unspecified atom stereocenters. The Morgan fingerprint density at radius 2 is 1.93 bits per heavy atom. The third-order valence-corrected chi connectivity index (χ3v) is 5.71. The molecular weight excluding hydrogens is 429 g/mol. The number of amides is 1. The molecule has 9 heteroatoms. The van der Waals surface area contributed by atoms with E-state index in [0.717, 1.165) is 12.1 Å². The number of halogens is 2. The number of nitrogens with one attached hydrogen (secondary N) is 1. The number of nitrogens with zero attached hydrogens (tertiary/aromatic N) is 1. The van der Waals surface area contributed by atoms with Crippen LogP contribution in [0.1, 0.15) is 32.8 Å². The number of carbonyl (C=O) groups excluding carboxylic acids is 1. The predicted molar refractivity (Wildman–Crippen MR) is 124 cm³/mol. The lowest BCUT2D eigenvalue weighted by molar-refractivity contribution is -0.170. The van der Waals surface area contributed by atoms with Crippen molar-refractivity contribution in [2.45, 2.75) is 45.4 Å². The second kappa shape index (κ2) is 12.0. The van der Waals surface area contributed by atoms with Gasteiger partial charge in [0.2, 0.25) is 5.91 Å². The molecule has 0 radical (unpaired) electrons. The summed E-state index contributed by atoms with van der Waals surface area (Å²) in [6, 6.07) is 5.67. The van der Waals surface area contributed by atoms with E-state index in [1.807, 2.05) is 53.1 Å². The van der Waals surface area contributed by atoms with Crippen LogP contribution >= 0.6 is 24.8 Å². The smallest absolute Gasteiger partial charge is 0.241 e. The molecule has 1 saturated carbocycles. The zero-order chi connectivity index (χ0) is 20.9. The van der Waals surface area contributed by atoms with Crippen molar-refractivity contribution in [1.82, 2.24) is 10.2 Å². The molecule has 1 aliphatic carbocycles. The normalized spacial score (nSPS) is 21.7. The van der Waals surface area contributed by atoms with E-state index in [2.05, 4.69) is 10.2 Å². The first kappa shape index (κ1) is 28.8. The molecule has 1 fully saturated rings. The number of methoxy groups -OCH3 is 1. The summed E-state index contributed by atoms with van der Waals surface area (Å²) >= 11 is 0. The van der Waals surface area contributed by atoms with E-state index in [-0.39, 0.29) is 36.8 Å². The van der Waals surface area contributed by atoms with E-state index in [1.54, 1.807) is 7.11 Å². The maximum absolute atomic E-state index is 12.8. The van der Waals surface area contributed by atoms with Crippen LogP contribution in [0.15, 0.2) is 18.2 Å². The minimum absolute atomic E-state index is 0. The van der Waals surface area contributed by atoms with Crippen LogP contribution < -0.4 is 20.5 Å². The van der Waals surface area contributed by atoms with Crippen LogP contribution in [0.25, 0.3) is 0 Å². The van der Waals surface area contributed by atoms with Gasteiger partial charge in [0.15, 0.2) is 11.5 Å². The van der Waals surface area contributed by atoms with Gasteiger partial charge < -0.3 is 30.2 Å². The third kappa shape index (κ3) is 6.14. The molecular formula is C21H37Cl2N3O4. The summed E-state index contributed by atoms with van der Waals surface area (Å²) in [5.74, 6) is 1.18. The number of likely N-dealkylation sites (N-methyl/N-ethyl adjacent to an activating group) is 1. The molecule has 1 aliphatic rings. The highest BCUT2D eigenvalue weighted by atomic mass is 35.5. The Labute approximate surface area is 192 Å². The summed E-state index contributed by atoms with van der Waals surface area (Å²) in [4.78, 5) is 14.8. The number of carbonyl (C=O) groups is 1. The highest BCUT2D eigenvalue weighted by Gasteiger charge is 2.62. The lowest BCUT2D eigenvalue weighted by atomic mass is 9.54. The van der Waals surface area contributed by atoms with E-state index in [0.29, 0.717) is 37.7 Å². The fourth-order valence-electron chi connectivity index (χ4n) is 3.44. The first-order chi connectivity index (χ1) is 13.2. The van der Waals surface area contributed by atoms with Gasteiger partial charge in [-0.1, -0.05) is 19.9 Å². The molecule has 2 atom stereocenters. The van der Waals surface area contributed by atoms with Gasteiger partial charge in [0.1, 0.15) is 12.1 Å². The molecule has 174 valence electrons. The first-order valence-corrected chi connectivity index (χ1v) is 9.79. The molecule has 1 amide bonds. The molecule has 30 heavy (non-hydrogen) atoms. The van der Waals surface area contributed by atoms with Gasteiger partial charge in [-0.2, -0.15) is 0 Å². The van der Waals surface area contributed by atoms with Gasteiger partial charge in [0.05, 0.1) is 13.2 Å². The van der Waals surface area contributed by atoms with Gasteiger partial charge in [-0.05, 0) is 38.7 Å². The molecule has 3 N–H and O–H groups in total. The third-order valence-electron chi connectivity index (χ3n) is 5.71. The summed E-state index contributed by atoms with van der Waals surface area (Å²) in [5.41, 5.74) is 6.02. The van der Waals surface area contributed by atoms with Gasteiger partial charge >= 0.3 is 0 Å². The van der Waals surface area contributed by atoms with Crippen LogP contribution in [-0.4, -0.2) is 63.4 Å². The minimum Gasteiger partial charge on any atom is -0.493 e. The molecule has 1 aromatic carbocycles. The highest BCUT2D eigenvalue weighted by Crippen LogP contribution is 2.49. The van der Waals surface area contributed by atoms with Crippen LogP contribution in [0.5, 0.6) is 11.5 Å². The Bertz CT molecular complexity index is 688. The molecule has 0 bridgehead atoms. The van der Waals surface area contributed by atoms with Crippen molar-refractivity contribution in [2.75, 3.05) is 41.0 Å². The second-order valence-corrected chi connectivity index (χ2v) is 8.16. The fraction of sp³-hybridized carbons (Fsp3) is 0.667. The number of rotatable bonds is 10. The monoisotopic (exact) mass is 465 g/mol. The van der Waals surface area contributed by atoms with Crippen LogP contribution in [0.2, 0.25) is 0 Å². The van der Waals surface area contributed by atoms with Gasteiger partial charge in [0, 0.05) is 31.5 Å². The van der Waals surface area contributed by atoms with Gasteiger partial charge in [0.25, 0.3) is 0 Å². The quantitative estimate of drug-likeness (QED) is 0.552. The summed E-state index contributed by atoms with van der Waals surface area (Å²) < 4.78 is 16.9. The SMILES string of the molecule is CCOC1CC(N)(C(=O)NCc2ccc(OCCN(C)C)c(OC)c2)C1(C)C.Cl.Cl. The van der Waals surface area contributed by atoms with E-state index in [1.165, 1.54) is 0 Å². The van der Waals surface area contributed by atoms with E-state index in [9.17, 15) is 4.79 Å². The summed E-state index contributed by atoms with van der Waals surface area (Å²) in [6.45, 7) is 8.31. The van der Waals surface area contributed by atoms with Crippen LogP contribution in [0, 0.1) is 5.41 Å². The first-order valence-electron chi connectivity index (χ1n) is 9.79. The Kier molecular flexibility index (Phi) is 11.5. The standard InChI is InChI=1S/C21H35N3O4.2ClH/c1-7-27-18-13-21(22,20(18,2)3)19(25)23-14-15-8-9-16(17(12-15)26-6)28-11-10-24(4)5;;/h8-9,12,18H,7,10-11,13-14,22H2,1-6H3,(H,23,25);2*1H. The molecule has 0 spiro atoms. The fourth-order valence-corrected chi connectivity index (χ4v) is 3.44. The van der Waals surface area contributed by atoms with Gasteiger partial charge in [-0.3, -0.25) is 4.79 Å². The molecule has 0 saturated heterocycles. The van der Waals surface area contributed by atoms with Crippen molar-refractivity contribution in [2.24, 2.45) is 11.1 Å². The maximum atomic E-state index is 12.8. The Hall–Kier alpha value is -1.25. The Morgan fingerprint density at radius 1 is 1.27 bits per heavy atom. The van der Waals surface area contributed by atoms with Gasteiger partial charge in [-0.25, -0.2) is 0 Å². The van der Waals surface area contributed by atoms with Crippen molar-refractivity contribution >= 4 is 30.7 Å². The van der Waals surface area contributed by atoms with E-state index < -0.39 is 11.0 Å². The highest BCUT2D eigenvalue weighted by molar-refractivity contribution is 5.88. The van der Waals surface area contributed by atoms with Crippen molar-refractivity contribution in [1.29, 1.82) is 0 Å². The summed E-state index contributed by atoms with van der Waals surface area (Å²) in [6.07, 6.45) is 0.536. The molecule has 0 heterocycles. The molecule has 1 aromatic rings. The van der Waals surface area contributed by atoms with Crippen LogP contribution in [-0.2, 0) is 16.1 Å². The van der Waals surface area contributed by atoms with Crippen molar-refractivity contribution < 1.29 is 19.0 Å². The number of nitrogens with two attached hydrogens (primary N) is 1.